The summed E-state index contributed by atoms with van der Waals surface area (Å²) < 4.78 is 30.9. The normalized spacial score (nSPS) is 15.3. The highest BCUT2D eigenvalue weighted by Gasteiger charge is 2.40. The van der Waals surface area contributed by atoms with Crippen molar-refractivity contribution in [3.63, 3.8) is 0 Å². The highest BCUT2D eigenvalue weighted by molar-refractivity contribution is 7.84. The molecule has 4 nitrogen and oxygen atoms in total. The van der Waals surface area contributed by atoms with Crippen molar-refractivity contribution in [3.8, 4) is 17.2 Å². The van der Waals surface area contributed by atoms with Gasteiger partial charge in [0.05, 0.1) is 28.9 Å². The number of hydrogen-bond donors (Lipinski definition) is 1. The van der Waals surface area contributed by atoms with Gasteiger partial charge in [-0.2, -0.15) is 0 Å². The van der Waals surface area contributed by atoms with Crippen LogP contribution in [-0.2, 0) is 27.2 Å². The van der Waals surface area contributed by atoms with Crippen LogP contribution >= 0.6 is 7.92 Å². The Bertz CT molecular complexity index is 2050. The Kier molecular flexibility index (Phi) is 10.6. The zero-order valence-corrected chi connectivity index (χ0v) is 35.3. The second-order valence-corrected chi connectivity index (χ2v) is 21.9. The Labute approximate surface area is 322 Å². The van der Waals surface area contributed by atoms with Gasteiger partial charge in [-0.05, 0) is 67.8 Å². The number of ether oxygens (including phenoxy) is 2. The average Bonchev–Trinajstić information content (AvgIpc) is 3.10. The van der Waals surface area contributed by atoms with E-state index in [9.17, 15) is 4.21 Å². The minimum absolute atomic E-state index is 0.205. The van der Waals surface area contributed by atoms with Crippen molar-refractivity contribution in [2.75, 3.05) is 7.11 Å². The summed E-state index contributed by atoms with van der Waals surface area (Å²) in [4.78, 5) is 0. The lowest BCUT2D eigenvalue weighted by Crippen LogP contribution is -2.37. The van der Waals surface area contributed by atoms with E-state index in [0.717, 1.165) is 50.6 Å². The van der Waals surface area contributed by atoms with Crippen molar-refractivity contribution in [1.82, 2.24) is 4.72 Å². The van der Waals surface area contributed by atoms with Gasteiger partial charge in [-0.25, -0.2) is 8.93 Å². The standard InChI is InChI=1S/C47H56NO3PS/c1-44(2,3)37-29-31(30-38(42(37)50-12)45(4,5)6)40(48-53(49)46(7,8)9)34-25-19-26-35-41(34)51-43-36(47(35,10)11)27-20-28-39(43)52(32-21-15-13-16-22-32)33-23-17-14-18-24-33/h13-30,40,48H,1-12H3/t40?,53-/m1/s1. The Morgan fingerprint density at radius 3 is 1.64 bits per heavy atom. The molecule has 278 valence electrons. The highest BCUT2D eigenvalue weighted by atomic mass is 32.2. The Morgan fingerprint density at radius 1 is 0.679 bits per heavy atom. The smallest absolute Gasteiger partial charge is 0.139 e. The fraction of sp³-hybridized carbons (Fsp3) is 0.362. The summed E-state index contributed by atoms with van der Waals surface area (Å²) in [6, 6.07) is 38.8. The molecule has 0 saturated carbocycles. The predicted molar refractivity (Wildman–Crippen MR) is 227 cm³/mol. The van der Waals surface area contributed by atoms with E-state index >= 15 is 0 Å². The number of benzene rings is 5. The van der Waals surface area contributed by atoms with Gasteiger partial charge in [0.15, 0.2) is 0 Å². The minimum atomic E-state index is -1.39. The minimum Gasteiger partial charge on any atom is -0.496 e. The first-order valence-electron chi connectivity index (χ1n) is 18.6. The van der Waals surface area contributed by atoms with Crippen LogP contribution in [0.3, 0.4) is 0 Å². The topological polar surface area (TPSA) is 47.6 Å². The second-order valence-electron chi connectivity index (χ2n) is 17.7. The molecular formula is C47H56NO3PS. The van der Waals surface area contributed by atoms with Crippen LogP contribution in [0, 0.1) is 0 Å². The molecule has 6 heteroatoms. The van der Waals surface area contributed by atoms with Crippen molar-refractivity contribution in [3.05, 3.63) is 143 Å². The average molecular weight is 746 g/mol. The van der Waals surface area contributed by atoms with Crippen LogP contribution in [0.1, 0.15) is 116 Å². The third-order valence-corrected chi connectivity index (χ3v) is 14.2. The molecule has 0 radical (unpaired) electrons. The molecule has 1 aliphatic heterocycles. The van der Waals surface area contributed by atoms with Crippen LogP contribution in [0.5, 0.6) is 17.2 Å². The van der Waals surface area contributed by atoms with Crippen LogP contribution < -0.4 is 30.1 Å². The van der Waals surface area contributed by atoms with E-state index in [-0.39, 0.29) is 16.2 Å². The van der Waals surface area contributed by atoms with Crippen LogP contribution in [0.15, 0.2) is 109 Å². The number of fused-ring (bicyclic) bond motifs is 2. The van der Waals surface area contributed by atoms with E-state index in [1.54, 1.807) is 7.11 Å². The van der Waals surface area contributed by atoms with E-state index in [2.05, 4.69) is 169 Å². The Balaban J connectivity index is 1.62. The number of nitrogens with one attached hydrogen (secondary N) is 1. The summed E-state index contributed by atoms with van der Waals surface area (Å²) in [5.74, 6) is 2.64. The lowest BCUT2D eigenvalue weighted by atomic mass is 9.74. The molecule has 1 aliphatic rings. The molecule has 0 aromatic heterocycles. The SMILES string of the molecule is COc1c(C(C)(C)C)cc(C(N[S@](=O)C(C)(C)C)c2cccc3c2Oc2c(P(c4ccccc4)c4ccccc4)cccc2C3(C)C)cc1C(C)(C)C. The third-order valence-electron chi connectivity index (χ3n) is 10.2. The molecule has 53 heavy (non-hydrogen) atoms. The number of methoxy groups -OCH3 is 1. The van der Waals surface area contributed by atoms with Gasteiger partial charge in [-0.3, -0.25) is 0 Å². The first-order valence-corrected chi connectivity index (χ1v) is 21.1. The van der Waals surface area contributed by atoms with Gasteiger partial charge in [0.1, 0.15) is 17.2 Å². The van der Waals surface area contributed by atoms with Gasteiger partial charge in [-0.15, -0.1) is 0 Å². The molecule has 0 fully saturated rings. The van der Waals surface area contributed by atoms with E-state index in [1.165, 1.54) is 15.9 Å². The molecule has 6 rings (SSSR count). The van der Waals surface area contributed by atoms with E-state index in [0.29, 0.717) is 0 Å². The first kappa shape index (κ1) is 38.9. The number of rotatable bonds is 8. The summed E-state index contributed by atoms with van der Waals surface area (Å²) in [6.45, 7) is 24.0. The maximum atomic E-state index is 14.2. The van der Waals surface area contributed by atoms with Gasteiger partial charge < -0.3 is 9.47 Å². The molecule has 5 aromatic rings. The number of para-hydroxylation sites is 2. The molecule has 2 atom stereocenters. The van der Waals surface area contributed by atoms with Gasteiger partial charge >= 0.3 is 0 Å². The second kappa shape index (κ2) is 14.5. The summed E-state index contributed by atoms with van der Waals surface area (Å²) in [6.07, 6.45) is 0. The van der Waals surface area contributed by atoms with E-state index in [1.807, 2.05) is 20.8 Å². The lowest BCUT2D eigenvalue weighted by molar-refractivity contribution is 0.381. The van der Waals surface area contributed by atoms with E-state index < -0.39 is 29.7 Å². The third kappa shape index (κ3) is 7.63. The van der Waals surface area contributed by atoms with Crippen LogP contribution in [-0.4, -0.2) is 16.1 Å². The zero-order chi connectivity index (χ0) is 38.5. The summed E-state index contributed by atoms with van der Waals surface area (Å²) in [5, 5.41) is 3.72. The monoisotopic (exact) mass is 745 g/mol. The quantitative estimate of drug-likeness (QED) is 0.161. The summed E-state index contributed by atoms with van der Waals surface area (Å²) >= 11 is 0. The maximum Gasteiger partial charge on any atom is 0.139 e. The molecule has 1 unspecified atom stereocenters. The molecule has 1 N–H and O–H groups in total. The first-order chi connectivity index (χ1) is 24.8. The molecule has 0 spiro atoms. The van der Waals surface area contributed by atoms with Crippen molar-refractivity contribution in [1.29, 1.82) is 0 Å². The van der Waals surface area contributed by atoms with Gasteiger partial charge in [-0.1, -0.05) is 152 Å². The van der Waals surface area contributed by atoms with Gasteiger partial charge in [0, 0.05) is 38.5 Å². The summed E-state index contributed by atoms with van der Waals surface area (Å²) in [5.41, 5.74) is 5.72. The van der Waals surface area contributed by atoms with Crippen molar-refractivity contribution >= 4 is 34.8 Å². The lowest BCUT2D eigenvalue weighted by Gasteiger charge is -2.39. The summed E-state index contributed by atoms with van der Waals surface area (Å²) in [7, 11) is -0.559. The molecule has 1 heterocycles. The molecule has 5 aromatic carbocycles. The fourth-order valence-corrected chi connectivity index (χ4v) is 10.5. The molecular weight excluding hydrogens is 690 g/mol. The van der Waals surface area contributed by atoms with Crippen molar-refractivity contribution in [2.24, 2.45) is 0 Å². The maximum absolute atomic E-state index is 14.2. The fourth-order valence-electron chi connectivity index (χ4n) is 7.26. The van der Waals surface area contributed by atoms with E-state index in [4.69, 9.17) is 9.47 Å². The molecule has 0 saturated heterocycles. The Morgan fingerprint density at radius 2 is 1.17 bits per heavy atom. The van der Waals surface area contributed by atoms with Gasteiger partial charge in [0.25, 0.3) is 0 Å². The van der Waals surface area contributed by atoms with Crippen LogP contribution in [0.2, 0.25) is 0 Å². The highest BCUT2D eigenvalue weighted by Crippen LogP contribution is 2.53. The van der Waals surface area contributed by atoms with Crippen molar-refractivity contribution in [2.45, 2.75) is 103 Å². The largest absolute Gasteiger partial charge is 0.496 e. The molecule has 0 bridgehead atoms. The molecule has 0 aliphatic carbocycles. The van der Waals surface area contributed by atoms with Gasteiger partial charge in [0.2, 0.25) is 0 Å². The van der Waals surface area contributed by atoms with Crippen LogP contribution in [0.25, 0.3) is 0 Å². The van der Waals surface area contributed by atoms with Crippen molar-refractivity contribution < 1.29 is 13.7 Å². The Hall–Kier alpha value is -3.76. The zero-order valence-electron chi connectivity index (χ0n) is 33.5. The van der Waals surface area contributed by atoms with Crippen LogP contribution in [0.4, 0.5) is 0 Å². The molecule has 0 amide bonds. The predicted octanol–water partition coefficient (Wildman–Crippen LogP) is 10.6. The number of hydrogen-bond acceptors (Lipinski definition) is 3.